The maximum absolute atomic E-state index is 6.00. The van der Waals surface area contributed by atoms with E-state index in [1.807, 2.05) is 36.7 Å². The molecule has 0 saturated carbocycles. The minimum atomic E-state index is 0.645. The maximum atomic E-state index is 6.00. The molecule has 0 aliphatic carbocycles. The molecule has 0 unspecified atom stereocenters. The fourth-order valence-electron chi connectivity index (χ4n) is 2.11. The summed E-state index contributed by atoms with van der Waals surface area (Å²) in [5.41, 5.74) is 2.13. The molecule has 3 rings (SSSR count). The Morgan fingerprint density at radius 3 is 2.78 bits per heavy atom. The van der Waals surface area contributed by atoms with E-state index in [1.165, 1.54) is 0 Å². The van der Waals surface area contributed by atoms with Crippen molar-refractivity contribution in [2.24, 2.45) is 7.05 Å². The summed E-state index contributed by atoms with van der Waals surface area (Å²) in [5, 5.41) is 0.645. The second-order valence-corrected chi connectivity index (χ2v) is 4.68. The van der Waals surface area contributed by atoms with Gasteiger partial charge < -0.3 is 9.13 Å². The average Bonchev–Trinajstić information content (AvgIpc) is 2.85. The number of fused-ring (bicyclic) bond motifs is 1. The van der Waals surface area contributed by atoms with Gasteiger partial charge in [0.1, 0.15) is 16.8 Å². The first kappa shape index (κ1) is 11.3. The molecular weight excluding hydrogens is 248 g/mol. The van der Waals surface area contributed by atoms with Gasteiger partial charge in [-0.2, -0.15) is 0 Å². The first-order valence-corrected chi connectivity index (χ1v) is 6.12. The zero-order valence-corrected chi connectivity index (χ0v) is 11.0. The largest absolute Gasteiger partial charge is 0.321 e. The summed E-state index contributed by atoms with van der Waals surface area (Å²) in [6, 6.07) is 8.10. The molecule has 0 aliphatic heterocycles. The fourth-order valence-corrected chi connectivity index (χ4v) is 2.25. The van der Waals surface area contributed by atoms with Crippen LogP contribution < -0.4 is 0 Å². The number of aromatic nitrogens is 4. The molecule has 92 valence electrons. The van der Waals surface area contributed by atoms with Crippen LogP contribution in [0.15, 0.2) is 30.5 Å². The van der Waals surface area contributed by atoms with E-state index in [9.17, 15) is 0 Å². The highest BCUT2D eigenvalue weighted by atomic mass is 35.5. The van der Waals surface area contributed by atoms with Gasteiger partial charge in [-0.3, -0.25) is 0 Å². The van der Waals surface area contributed by atoms with Crippen molar-refractivity contribution in [1.82, 2.24) is 19.1 Å². The summed E-state index contributed by atoms with van der Waals surface area (Å²) in [6.07, 6.45) is 1.67. The summed E-state index contributed by atoms with van der Waals surface area (Å²) < 4.78 is 4.03. The highest BCUT2D eigenvalue weighted by Crippen LogP contribution is 2.18. The van der Waals surface area contributed by atoms with E-state index in [-0.39, 0.29) is 0 Å². The molecule has 0 fully saturated rings. The molecule has 3 aromatic rings. The molecule has 2 aromatic heterocycles. The number of nitrogens with zero attached hydrogens (tertiary/aromatic N) is 4. The number of rotatable bonds is 2. The normalized spacial score (nSPS) is 11.3. The lowest BCUT2D eigenvalue weighted by atomic mass is 10.3. The third-order valence-corrected chi connectivity index (χ3v) is 3.52. The molecule has 0 radical (unpaired) electrons. The van der Waals surface area contributed by atoms with Crippen LogP contribution in [0.2, 0.25) is 5.15 Å². The Balaban J connectivity index is 2.10. The van der Waals surface area contributed by atoms with Crippen LogP contribution in [0.1, 0.15) is 11.6 Å². The van der Waals surface area contributed by atoms with Crippen LogP contribution in [0.4, 0.5) is 0 Å². The van der Waals surface area contributed by atoms with Crippen molar-refractivity contribution in [2.75, 3.05) is 0 Å². The molecule has 4 nitrogen and oxygen atoms in total. The standard InChI is InChI=1S/C13H13ClN4/c1-9-16-10-5-3-4-6-11(10)18(9)8-13-15-7-12(14)17(13)2/h3-7H,8H2,1-2H3. The zero-order chi connectivity index (χ0) is 12.7. The van der Waals surface area contributed by atoms with Crippen LogP contribution >= 0.6 is 11.6 Å². The number of hydrogen-bond acceptors (Lipinski definition) is 2. The van der Waals surface area contributed by atoms with E-state index in [1.54, 1.807) is 6.20 Å². The SMILES string of the molecule is Cc1nc2ccccc2n1Cc1ncc(Cl)n1C. The topological polar surface area (TPSA) is 35.6 Å². The lowest BCUT2D eigenvalue weighted by Gasteiger charge is -2.07. The van der Waals surface area contributed by atoms with Gasteiger partial charge in [0.2, 0.25) is 0 Å². The summed E-state index contributed by atoms with van der Waals surface area (Å²) in [7, 11) is 1.92. The van der Waals surface area contributed by atoms with Crippen molar-refractivity contribution < 1.29 is 0 Å². The highest BCUT2D eigenvalue weighted by molar-refractivity contribution is 6.29. The van der Waals surface area contributed by atoms with Crippen molar-refractivity contribution in [1.29, 1.82) is 0 Å². The van der Waals surface area contributed by atoms with E-state index < -0.39 is 0 Å². The zero-order valence-electron chi connectivity index (χ0n) is 10.3. The minimum Gasteiger partial charge on any atom is -0.321 e. The van der Waals surface area contributed by atoms with E-state index in [2.05, 4.69) is 20.6 Å². The number of para-hydroxylation sites is 2. The van der Waals surface area contributed by atoms with Gasteiger partial charge in [0.15, 0.2) is 0 Å². The Morgan fingerprint density at radius 2 is 2.06 bits per heavy atom. The van der Waals surface area contributed by atoms with Gasteiger partial charge in [-0.25, -0.2) is 9.97 Å². The number of benzene rings is 1. The number of aryl methyl sites for hydroxylation is 1. The minimum absolute atomic E-state index is 0.645. The Hall–Kier alpha value is -1.81. The quantitative estimate of drug-likeness (QED) is 0.710. The van der Waals surface area contributed by atoms with Crippen molar-refractivity contribution in [2.45, 2.75) is 13.5 Å². The summed E-state index contributed by atoms with van der Waals surface area (Å²) in [5.74, 6) is 1.90. The van der Waals surface area contributed by atoms with Gasteiger partial charge in [0.05, 0.1) is 23.8 Å². The number of hydrogen-bond donors (Lipinski definition) is 0. The Labute approximate surface area is 110 Å². The summed E-state index contributed by atoms with van der Waals surface area (Å²) in [6.45, 7) is 2.68. The molecule has 5 heteroatoms. The predicted molar refractivity (Wildman–Crippen MR) is 71.8 cm³/mol. The fraction of sp³-hybridized carbons (Fsp3) is 0.231. The molecule has 0 spiro atoms. The highest BCUT2D eigenvalue weighted by Gasteiger charge is 2.10. The molecule has 0 aliphatic rings. The van der Waals surface area contributed by atoms with Crippen molar-refractivity contribution >= 4 is 22.6 Å². The van der Waals surface area contributed by atoms with E-state index >= 15 is 0 Å². The lowest BCUT2D eigenvalue weighted by Crippen LogP contribution is -2.07. The molecule has 0 amide bonds. The third kappa shape index (κ3) is 1.69. The molecule has 2 heterocycles. The van der Waals surface area contributed by atoms with Gasteiger partial charge >= 0.3 is 0 Å². The Bertz CT molecular complexity index is 711. The second kappa shape index (κ2) is 4.14. The predicted octanol–water partition coefficient (Wildman–Crippen LogP) is 2.78. The van der Waals surface area contributed by atoms with E-state index in [0.29, 0.717) is 11.7 Å². The molecule has 18 heavy (non-hydrogen) atoms. The van der Waals surface area contributed by atoms with E-state index in [4.69, 9.17) is 11.6 Å². The third-order valence-electron chi connectivity index (χ3n) is 3.17. The van der Waals surface area contributed by atoms with Crippen LogP contribution in [0.3, 0.4) is 0 Å². The smallest absolute Gasteiger partial charge is 0.129 e. The van der Waals surface area contributed by atoms with Gasteiger partial charge in [-0.05, 0) is 19.1 Å². The molecule has 0 N–H and O–H groups in total. The van der Waals surface area contributed by atoms with Crippen molar-refractivity contribution in [3.63, 3.8) is 0 Å². The van der Waals surface area contributed by atoms with Gasteiger partial charge in [-0.15, -0.1) is 0 Å². The summed E-state index contributed by atoms with van der Waals surface area (Å²) in [4.78, 5) is 8.86. The Kier molecular flexibility index (Phi) is 2.59. The monoisotopic (exact) mass is 260 g/mol. The summed E-state index contributed by atoms with van der Waals surface area (Å²) >= 11 is 6.00. The first-order valence-electron chi connectivity index (χ1n) is 5.75. The number of imidazole rings is 2. The second-order valence-electron chi connectivity index (χ2n) is 4.29. The molecule has 1 aromatic carbocycles. The molecular formula is C13H13ClN4. The van der Waals surface area contributed by atoms with Gasteiger partial charge in [-0.1, -0.05) is 23.7 Å². The van der Waals surface area contributed by atoms with Crippen molar-refractivity contribution in [3.05, 3.63) is 47.3 Å². The van der Waals surface area contributed by atoms with Crippen LogP contribution in [-0.4, -0.2) is 19.1 Å². The van der Waals surface area contributed by atoms with Crippen LogP contribution in [-0.2, 0) is 13.6 Å². The maximum Gasteiger partial charge on any atom is 0.129 e. The average molecular weight is 261 g/mol. The van der Waals surface area contributed by atoms with Crippen LogP contribution in [0.5, 0.6) is 0 Å². The first-order chi connectivity index (χ1) is 8.66. The van der Waals surface area contributed by atoms with Crippen LogP contribution in [0, 0.1) is 6.92 Å². The molecule has 0 bridgehead atoms. The molecule has 0 atom stereocenters. The van der Waals surface area contributed by atoms with Crippen LogP contribution in [0.25, 0.3) is 11.0 Å². The molecule has 0 saturated heterocycles. The Morgan fingerprint density at radius 1 is 1.28 bits per heavy atom. The van der Waals surface area contributed by atoms with E-state index in [0.717, 1.165) is 22.7 Å². The lowest BCUT2D eigenvalue weighted by molar-refractivity contribution is 0.696. The number of halogens is 1. The van der Waals surface area contributed by atoms with Crippen molar-refractivity contribution in [3.8, 4) is 0 Å². The van der Waals surface area contributed by atoms with Gasteiger partial charge in [0.25, 0.3) is 0 Å². The van der Waals surface area contributed by atoms with Gasteiger partial charge in [0, 0.05) is 7.05 Å².